The molecular formula is C18H26N2O. The van der Waals surface area contributed by atoms with E-state index in [0.717, 1.165) is 32.5 Å². The van der Waals surface area contributed by atoms with Gasteiger partial charge in [0.15, 0.2) is 0 Å². The molecule has 3 unspecified atom stereocenters. The second kappa shape index (κ2) is 6.18. The van der Waals surface area contributed by atoms with Gasteiger partial charge in [-0.3, -0.25) is 4.79 Å². The summed E-state index contributed by atoms with van der Waals surface area (Å²) in [6.07, 6.45) is 2.22. The summed E-state index contributed by atoms with van der Waals surface area (Å²) in [5, 5.41) is 3.27. The van der Waals surface area contributed by atoms with Gasteiger partial charge >= 0.3 is 0 Å². The number of hydrogen-bond donors (Lipinski definition) is 1. The minimum absolute atomic E-state index is 0.171. The second-order valence-electron chi connectivity index (χ2n) is 6.72. The smallest absolute Gasteiger partial charge is 0.226 e. The zero-order valence-corrected chi connectivity index (χ0v) is 13.1. The lowest BCUT2D eigenvalue weighted by atomic mass is 9.87. The van der Waals surface area contributed by atoms with Crippen LogP contribution in [0.1, 0.15) is 25.8 Å². The van der Waals surface area contributed by atoms with E-state index in [1.165, 1.54) is 5.56 Å². The highest BCUT2D eigenvalue weighted by molar-refractivity contribution is 5.79. The molecule has 2 aliphatic heterocycles. The minimum atomic E-state index is 0.171. The Balaban J connectivity index is 1.60. The van der Waals surface area contributed by atoms with Crippen molar-refractivity contribution in [3.05, 3.63) is 35.9 Å². The maximum Gasteiger partial charge on any atom is 0.226 e. The summed E-state index contributed by atoms with van der Waals surface area (Å²) in [6, 6.07) is 11.0. The van der Waals surface area contributed by atoms with E-state index in [-0.39, 0.29) is 5.92 Å². The average molecular weight is 286 g/mol. The van der Waals surface area contributed by atoms with Crippen molar-refractivity contribution in [3.8, 4) is 0 Å². The van der Waals surface area contributed by atoms with Crippen LogP contribution in [0.5, 0.6) is 0 Å². The number of carbonyl (C=O) groups is 1. The number of nitrogens with zero attached hydrogens (tertiary/aromatic N) is 1. The maximum atomic E-state index is 12.7. The molecule has 0 saturated carbocycles. The molecule has 1 aromatic carbocycles. The molecule has 0 aromatic heterocycles. The van der Waals surface area contributed by atoms with Gasteiger partial charge in [0.2, 0.25) is 5.91 Å². The highest BCUT2D eigenvalue weighted by Gasteiger charge is 2.38. The first kappa shape index (κ1) is 14.6. The van der Waals surface area contributed by atoms with Gasteiger partial charge in [-0.1, -0.05) is 37.3 Å². The Bertz CT molecular complexity index is 483. The fourth-order valence-electron chi connectivity index (χ4n) is 3.63. The first-order chi connectivity index (χ1) is 10.2. The Labute approximate surface area is 127 Å². The molecule has 3 heteroatoms. The number of carbonyl (C=O) groups excluding carboxylic acids is 1. The fraction of sp³-hybridized carbons (Fsp3) is 0.611. The molecule has 0 radical (unpaired) electrons. The van der Waals surface area contributed by atoms with Crippen LogP contribution in [-0.4, -0.2) is 36.5 Å². The van der Waals surface area contributed by atoms with Gasteiger partial charge in [0, 0.05) is 18.5 Å². The summed E-state index contributed by atoms with van der Waals surface area (Å²) in [5.41, 5.74) is 1.39. The van der Waals surface area contributed by atoms with Crippen molar-refractivity contribution in [3.63, 3.8) is 0 Å². The van der Waals surface area contributed by atoms with Crippen LogP contribution >= 0.6 is 0 Å². The van der Waals surface area contributed by atoms with Gasteiger partial charge in [0.05, 0.1) is 0 Å². The van der Waals surface area contributed by atoms with E-state index in [4.69, 9.17) is 0 Å². The van der Waals surface area contributed by atoms with E-state index < -0.39 is 0 Å². The average Bonchev–Trinajstić information content (AvgIpc) is 2.79. The highest BCUT2D eigenvalue weighted by atomic mass is 16.2. The molecular weight excluding hydrogens is 260 g/mol. The van der Waals surface area contributed by atoms with Crippen LogP contribution in [0.25, 0.3) is 0 Å². The third-order valence-corrected chi connectivity index (χ3v) is 5.45. The molecule has 1 amide bonds. The Morgan fingerprint density at radius 1 is 1.33 bits per heavy atom. The molecule has 1 N–H and O–H groups in total. The lowest BCUT2D eigenvalue weighted by Crippen LogP contribution is -2.51. The summed E-state index contributed by atoms with van der Waals surface area (Å²) < 4.78 is 0. The lowest BCUT2D eigenvalue weighted by molar-refractivity contribution is -0.138. The largest absolute Gasteiger partial charge is 0.339 e. The van der Waals surface area contributed by atoms with Crippen molar-refractivity contribution < 1.29 is 4.79 Å². The van der Waals surface area contributed by atoms with Gasteiger partial charge in [-0.25, -0.2) is 0 Å². The third kappa shape index (κ3) is 2.98. The molecule has 2 aliphatic rings. The third-order valence-electron chi connectivity index (χ3n) is 5.45. The van der Waals surface area contributed by atoms with Crippen molar-refractivity contribution in [1.82, 2.24) is 10.2 Å². The van der Waals surface area contributed by atoms with Crippen molar-refractivity contribution in [2.24, 2.45) is 17.8 Å². The zero-order chi connectivity index (χ0) is 14.8. The van der Waals surface area contributed by atoms with Gasteiger partial charge in [-0.15, -0.1) is 0 Å². The summed E-state index contributed by atoms with van der Waals surface area (Å²) in [7, 11) is 0. The van der Waals surface area contributed by atoms with Gasteiger partial charge in [0.1, 0.15) is 0 Å². The molecule has 0 aliphatic carbocycles. The topological polar surface area (TPSA) is 32.3 Å². The van der Waals surface area contributed by atoms with Crippen LogP contribution in [0.15, 0.2) is 30.3 Å². The number of benzene rings is 1. The van der Waals surface area contributed by atoms with Gasteiger partial charge in [-0.2, -0.15) is 0 Å². The number of nitrogens with one attached hydrogen (secondary N) is 1. The molecule has 114 valence electrons. The van der Waals surface area contributed by atoms with Crippen LogP contribution in [-0.2, 0) is 11.2 Å². The van der Waals surface area contributed by atoms with Gasteiger partial charge in [-0.05, 0) is 50.3 Å². The SMILES string of the molecule is CC(C(=O)N1CCC(Cc2ccccc2)C1C)C1CNC1. The Kier molecular flexibility index (Phi) is 4.29. The molecule has 0 spiro atoms. The highest BCUT2D eigenvalue weighted by Crippen LogP contribution is 2.30. The predicted octanol–water partition coefficient (Wildman–Crippen LogP) is 2.32. The zero-order valence-electron chi connectivity index (χ0n) is 13.1. The summed E-state index contributed by atoms with van der Waals surface area (Å²) in [5.74, 6) is 1.68. The number of hydrogen-bond acceptors (Lipinski definition) is 2. The Morgan fingerprint density at radius 2 is 2.05 bits per heavy atom. The molecule has 3 atom stereocenters. The molecule has 3 rings (SSSR count). The minimum Gasteiger partial charge on any atom is -0.339 e. The Hall–Kier alpha value is -1.35. The van der Waals surface area contributed by atoms with E-state index in [1.54, 1.807) is 0 Å². The Morgan fingerprint density at radius 3 is 2.67 bits per heavy atom. The standard InChI is InChI=1S/C18H26N2O/c1-13(17-11-19-12-17)18(21)20-9-8-16(14(20)2)10-15-6-4-3-5-7-15/h3-7,13-14,16-17,19H,8-12H2,1-2H3. The number of amides is 1. The monoisotopic (exact) mass is 286 g/mol. The first-order valence-electron chi connectivity index (χ1n) is 8.22. The number of likely N-dealkylation sites (tertiary alicyclic amines) is 1. The van der Waals surface area contributed by atoms with Crippen molar-refractivity contribution in [1.29, 1.82) is 0 Å². The van der Waals surface area contributed by atoms with Crippen molar-refractivity contribution in [2.45, 2.75) is 32.7 Å². The molecule has 2 fully saturated rings. The number of rotatable bonds is 4. The van der Waals surface area contributed by atoms with E-state index in [0.29, 0.717) is 23.8 Å². The van der Waals surface area contributed by atoms with E-state index in [1.807, 2.05) is 0 Å². The van der Waals surface area contributed by atoms with Crippen LogP contribution in [0.3, 0.4) is 0 Å². The van der Waals surface area contributed by atoms with E-state index >= 15 is 0 Å². The lowest BCUT2D eigenvalue weighted by Gasteiger charge is -2.35. The quantitative estimate of drug-likeness (QED) is 0.921. The molecule has 3 nitrogen and oxygen atoms in total. The molecule has 2 saturated heterocycles. The van der Waals surface area contributed by atoms with Crippen LogP contribution < -0.4 is 5.32 Å². The molecule has 0 bridgehead atoms. The second-order valence-corrected chi connectivity index (χ2v) is 6.72. The summed E-state index contributed by atoms with van der Waals surface area (Å²) in [6.45, 7) is 7.27. The summed E-state index contributed by atoms with van der Waals surface area (Å²) >= 11 is 0. The van der Waals surface area contributed by atoms with E-state index in [9.17, 15) is 4.79 Å². The van der Waals surface area contributed by atoms with Crippen LogP contribution in [0.4, 0.5) is 0 Å². The fourth-order valence-corrected chi connectivity index (χ4v) is 3.63. The van der Waals surface area contributed by atoms with Crippen LogP contribution in [0, 0.1) is 17.8 Å². The van der Waals surface area contributed by atoms with Gasteiger partial charge in [0.25, 0.3) is 0 Å². The predicted molar refractivity (Wildman–Crippen MR) is 85.0 cm³/mol. The van der Waals surface area contributed by atoms with Gasteiger partial charge < -0.3 is 10.2 Å². The van der Waals surface area contributed by atoms with Crippen molar-refractivity contribution >= 4 is 5.91 Å². The molecule has 1 aromatic rings. The maximum absolute atomic E-state index is 12.7. The first-order valence-corrected chi connectivity index (χ1v) is 8.22. The summed E-state index contributed by atoms with van der Waals surface area (Å²) in [4.78, 5) is 14.8. The van der Waals surface area contributed by atoms with Crippen LogP contribution in [0.2, 0.25) is 0 Å². The van der Waals surface area contributed by atoms with Crippen molar-refractivity contribution in [2.75, 3.05) is 19.6 Å². The normalized spacial score (nSPS) is 27.4. The molecule has 2 heterocycles. The van der Waals surface area contributed by atoms with E-state index in [2.05, 4.69) is 54.4 Å². The molecule has 21 heavy (non-hydrogen) atoms.